The largest absolute Gasteiger partial charge is 0.456 e. The van der Waals surface area contributed by atoms with E-state index in [1.807, 2.05) is 6.07 Å². The van der Waals surface area contributed by atoms with Crippen molar-refractivity contribution in [2.75, 3.05) is 0 Å². The van der Waals surface area contributed by atoms with Crippen LogP contribution in [0.3, 0.4) is 0 Å². The van der Waals surface area contributed by atoms with Crippen molar-refractivity contribution in [3.05, 3.63) is 181 Å². The van der Waals surface area contributed by atoms with E-state index in [-0.39, 0.29) is 5.41 Å². The predicted octanol–water partition coefficient (Wildman–Crippen LogP) is 13.8. The number of rotatable bonds is 3. The molecule has 0 atom stereocenters. The fourth-order valence-corrected chi connectivity index (χ4v) is 9.69. The summed E-state index contributed by atoms with van der Waals surface area (Å²) in [7, 11) is 0. The maximum Gasteiger partial charge on any atom is 0.137 e. The third-order valence-electron chi connectivity index (χ3n) is 12.1. The molecule has 54 heavy (non-hydrogen) atoms. The Kier molecular flexibility index (Phi) is 5.84. The van der Waals surface area contributed by atoms with Crippen molar-refractivity contribution >= 4 is 65.6 Å². The second-order valence-corrected chi connectivity index (χ2v) is 15.3. The van der Waals surface area contributed by atoms with Crippen LogP contribution in [0, 0.1) is 0 Å². The van der Waals surface area contributed by atoms with Gasteiger partial charge in [0, 0.05) is 37.9 Å². The number of benzene rings is 8. The average molecular weight is 691 g/mol. The molecule has 0 saturated carbocycles. The van der Waals surface area contributed by atoms with Gasteiger partial charge in [-0.2, -0.15) is 0 Å². The van der Waals surface area contributed by atoms with E-state index in [9.17, 15) is 0 Å². The lowest BCUT2D eigenvalue weighted by Gasteiger charge is -2.21. The van der Waals surface area contributed by atoms with Gasteiger partial charge in [0.1, 0.15) is 11.2 Å². The maximum absolute atomic E-state index is 6.32. The zero-order chi connectivity index (χ0) is 35.7. The van der Waals surface area contributed by atoms with Crippen LogP contribution in [0.25, 0.3) is 99.2 Å². The molecule has 1 aliphatic rings. The summed E-state index contributed by atoms with van der Waals surface area (Å²) in [6.07, 6.45) is 0. The molecule has 3 nitrogen and oxygen atoms in total. The molecule has 8 aromatic carbocycles. The van der Waals surface area contributed by atoms with Crippen LogP contribution in [-0.4, -0.2) is 9.13 Å². The number of fused-ring (bicyclic) bond motifs is 12. The number of hydrogen-bond donors (Lipinski definition) is 0. The Hall–Kier alpha value is -6.84. The second-order valence-electron chi connectivity index (χ2n) is 15.3. The molecule has 3 heterocycles. The van der Waals surface area contributed by atoms with Crippen molar-refractivity contribution in [1.82, 2.24) is 9.13 Å². The molecule has 1 aliphatic carbocycles. The Morgan fingerprint density at radius 3 is 1.65 bits per heavy atom. The highest BCUT2D eigenvalue weighted by atomic mass is 16.3. The lowest BCUT2D eigenvalue weighted by Crippen LogP contribution is -2.14. The number of furan rings is 1. The highest BCUT2D eigenvalue weighted by molar-refractivity contribution is 6.16. The molecule has 0 saturated heterocycles. The van der Waals surface area contributed by atoms with E-state index >= 15 is 0 Å². The van der Waals surface area contributed by atoms with E-state index in [0.717, 1.165) is 27.6 Å². The average Bonchev–Trinajstić information content (AvgIpc) is 3.93. The van der Waals surface area contributed by atoms with Crippen LogP contribution < -0.4 is 0 Å². The Bertz CT molecular complexity index is 3370. The standard InChI is InChI=1S/C51H34N2O/c1-51(2)39-17-7-3-15-35(39)49-40(51)18-11-21-45(49)52-41-19-8-4-13-33(41)37-29-31(25-27-43(37)52)32-26-28-44-38(30-32)34-14-5-9-20-42(34)53(44)46-22-12-24-48-50(46)36-16-6-10-23-47(36)54-48/h3-30H,1-2H3. The summed E-state index contributed by atoms with van der Waals surface area (Å²) in [6.45, 7) is 4.71. The van der Waals surface area contributed by atoms with Crippen LogP contribution in [-0.2, 0) is 5.41 Å². The highest BCUT2D eigenvalue weighted by Crippen LogP contribution is 2.52. The Morgan fingerprint density at radius 1 is 0.407 bits per heavy atom. The SMILES string of the molecule is CC1(C)c2ccccc2-c2c(-n3c4ccccc4c4cc(-c5ccc6c(c5)c5ccccc5n6-c5cccc6oc7ccccc7c56)ccc43)cccc21. The molecule has 0 unspecified atom stereocenters. The van der Waals surface area contributed by atoms with Gasteiger partial charge in [0.2, 0.25) is 0 Å². The summed E-state index contributed by atoms with van der Waals surface area (Å²) in [4.78, 5) is 0. The highest BCUT2D eigenvalue weighted by Gasteiger charge is 2.37. The van der Waals surface area contributed by atoms with Crippen LogP contribution in [0.2, 0.25) is 0 Å². The van der Waals surface area contributed by atoms with Gasteiger partial charge in [-0.1, -0.05) is 123 Å². The normalized spacial score (nSPS) is 13.5. The summed E-state index contributed by atoms with van der Waals surface area (Å²) in [6, 6.07) is 62.1. The van der Waals surface area contributed by atoms with E-state index in [4.69, 9.17) is 4.42 Å². The van der Waals surface area contributed by atoms with Gasteiger partial charge in [-0.3, -0.25) is 0 Å². The van der Waals surface area contributed by atoms with Crippen molar-refractivity contribution in [2.45, 2.75) is 19.3 Å². The van der Waals surface area contributed by atoms with Crippen molar-refractivity contribution in [3.63, 3.8) is 0 Å². The molecule has 254 valence electrons. The van der Waals surface area contributed by atoms with Crippen LogP contribution in [0.1, 0.15) is 25.0 Å². The van der Waals surface area contributed by atoms with E-state index in [0.29, 0.717) is 0 Å². The first-order valence-corrected chi connectivity index (χ1v) is 18.8. The van der Waals surface area contributed by atoms with Crippen LogP contribution in [0.4, 0.5) is 0 Å². The van der Waals surface area contributed by atoms with Crippen LogP contribution in [0.15, 0.2) is 174 Å². The van der Waals surface area contributed by atoms with Crippen molar-refractivity contribution in [2.24, 2.45) is 0 Å². The van der Waals surface area contributed by atoms with Gasteiger partial charge in [0.15, 0.2) is 0 Å². The zero-order valence-corrected chi connectivity index (χ0v) is 30.0. The minimum atomic E-state index is -0.0611. The summed E-state index contributed by atoms with van der Waals surface area (Å²) < 4.78 is 11.2. The lowest BCUT2D eigenvalue weighted by atomic mass is 9.82. The van der Waals surface area contributed by atoms with Crippen molar-refractivity contribution in [3.8, 4) is 33.6 Å². The second kappa shape index (κ2) is 10.6. The molecule has 0 aliphatic heterocycles. The Morgan fingerprint density at radius 2 is 0.926 bits per heavy atom. The molecule has 12 rings (SSSR count). The van der Waals surface area contributed by atoms with Gasteiger partial charge in [-0.25, -0.2) is 0 Å². The molecule has 11 aromatic rings. The minimum Gasteiger partial charge on any atom is -0.456 e. The number of para-hydroxylation sites is 3. The minimum absolute atomic E-state index is 0.0611. The Labute approximate surface area is 311 Å². The first-order valence-electron chi connectivity index (χ1n) is 18.8. The number of nitrogens with zero attached hydrogens (tertiary/aromatic N) is 2. The first kappa shape index (κ1) is 29.7. The quantitative estimate of drug-likeness (QED) is 0.181. The maximum atomic E-state index is 6.32. The van der Waals surface area contributed by atoms with Gasteiger partial charge in [-0.05, 0) is 88.5 Å². The lowest BCUT2D eigenvalue weighted by molar-refractivity contribution is 0.660. The molecule has 0 N–H and O–H groups in total. The molecule has 3 aromatic heterocycles. The molecular formula is C51H34N2O. The molecule has 3 heteroatoms. The fourth-order valence-electron chi connectivity index (χ4n) is 9.69. The Balaban J connectivity index is 1.07. The number of hydrogen-bond acceptors (Lipinski definition) is 1. The summed E-state index contributed by atoms with van der Waals surface area (Å²) >= 11 is 0. The summed E-state index contributed by atoms with van der Waals surface area (Å²) in [5.41, 5.74) is 16.8. The van der Waals surface area contributed by atoms with Crippen molar-refractivity contribution < 1.29 is 4.42 Å². The molecule has 0 bridgehead atoms. The van der Waals surface area contributed by atoms with Gasteiger partial charge >= 0.3 is 0 Å². The molecule has 0 fully saturated rings. The van der Waals surface area contributed by atoms with Crippen LogP contribution in [0.5, 0.6) is 0 Å². The first-order chi connectivity index (χ1) is 26.6. The van der Waals surface area contributed by atoms with Gasteiger partial charge in [-0.15, -0.1) is 0 Å². The van der Waals surface area contributed by atoms with Gasteiger partial charge < -0.3 is 13.6 Å². The number of aromatic nitrogens is 2. The fraction of sp³-hybridized carbons (Fsp3) is 0.0588. The topological polar surface area (TPSA) is 23.0 Å². The van der Waals surface area contributed by atoms with E-state index in [2.05, 4.69) is 187 Å². The molecule has 0 spiro atoms. The molecular weight excluding hydrogens is 657 g/mol. The van der Waals surface area contributed by atoms with Gasteiger partial charge in [0.25, 0.3) is 0 Å². The molecule has 0 radical (unpaired) electrons. The zero-order valence-electron chi connectivity index (χ0n) is 30.0. The van der Waals surface area contributed by atoms with Gasteiger partial charge in [0.05, 0.1) is 38.8 Å². The van der Waals surface area contributed by atoms with E-state index in [1.54, 1.807) is 0 Å². The van der Waals surface area contributed by atoms with Crippen molar-refractivity contribution in [1.29, 1.82) is 0 Å². The van der Waals surface area contributed by atoms with E-state index < -0.39 is 0 Å². The van der Waals surface area contributed by atoms with Crippen LogP contribution >= 0.6 is 0 Å². The smallest absolute Gasteiger partial charge is 0.137 e. The van der Waals surface area contributed by atoms with E-state index in [1.165, 1.54) is 82.7 Å². The molecule has 0 amide bonds. The monoisotopic (exact) mass is 690 g/mol. The third kappa shape index (κ3) is 3.85. The third-order valence-corrected chi connectivity index (χ3v) is 12.1. The predicted molar refractivity (Wildman–Crippen MR) is 225 cm³/mol. The summed E-state index contributed by atoms with van der Waals surface area (Å²) in [5.74, 6) is 0. The summed E-state index contributed by atoms with van der Waals surface area (Å²) in [5, 5.41) is 7.25.